The summed E-state index contributed by atoms with van der Waals surface area (Å²) in [5.41, 5.74) is 6.56. The third-order valence-electron chi connectivity index (χ3n) is 2.67. The Balaban J connectivity index is 2.87. The molecule has 0 aliphatic carbocycles. The number of nitro groups is 1. The normalized spacial score (nSPS) is 12.3. The van der Waals surface area contributed by atoms with Crippen LogP contribution in [-0.2, 0) is 4.79 Å². The van der Waals surface area contributed by atoms with Gasteiger partial charge in [0.15, 0.2) is 0 Å². The summed E-state index contributed by atoms with van der Waals surface area (Å²) >= 11 is 0. The van der Waals surface area contributed by atoms with E-state index in [1.807, 2.05) is 13.8 Å². The van der Waals surface area contributed by atoms with Gasteiger partial charge in [0.05, 0.1) is 11.0 Å². The van der Waals surface area contributed by atoms with Crippen LogP contribution < -0.4 is 11.1 Å². The summed E-state index contributed by atoms with van der Waals surface area (Å²) in [5.74, 6) is -0.116. The third kappa shape index (κ3) is 4.33. The van der Waals surface area contributed by atoms with Crippen LogP contribution >= 0.6 is 0 Å². The quantitative estimate of drug-likeness (QED) is 0.630. The number of nitrogens with one attached hydrogen (secondary N) is 1. The van der Waals surface area contributed by atoms with Gasteiger partial charge in [0.2, 0.25) is 5.91 Å². The molecule has 0 aliphatic heterocycles. The average molecular weight is 265 g/mol. The van der Waals surface area contributed by atoms with Crippen LogP contribution in [-0.4, -0.2) is 16.9 Å². The Hall–Kier alpha value is -1.95. The molecular formula is C13H19N3O3. The SMILES string of the molecule is Cc1ccc(NC(=O)C(N)CC(C)C)c([N+](=O)[O-])c1. The lowest BCUT2D eigenvalue weighted by Crippen LogP contribution is -2.36. The zero-order valence-electron chi connectivity index (χ0n) is 11.3. The standard InChI is InChI=1S/C13H19N3O3/c1-8(2)6-10(14)13(17)15-11-5-4-9(3)7-12(11)16(18)19/h4-5,7-8,10H,6,14H2,1-3H3,(H,15,17). The number of carbonyl (C=O) groups is 1. The van der Waals surface area contributed by atoms with Crippen LogP contribution in [0.3, 0.4) is 0 Å². The third-order valence-corrected chi connectivity index (χ3v) is 2.67. The molecule has 19 heavy (non-hydrogen) atoms. The highest BCUT2D eigenvalue weighted by molar-refractivity contribution is 5.96. The lowest BCUT2D eigenvalue weighted by molar-refractivity contribution is -0.384. The van der Waals surface area contributed by atoms with Crippen molar-refractivity contribution < 1.29 is 9.72 Å². The van der Waals surface area contributed by atoms with E-state index in [1.165, 1.54) is 12.1 Å². The van der Waals surface area contributed by atoms with Crippen molar-refractivity contribution in [2.75, 3.05) is 5.32 Å². The van der Waals surface area contributed by atoms with E-state index in [0.29, 0.717) is 6.42 Å². The molecule has 3 N–H and O–H groups in total. The second-order valence-corrected chi connectivity index (χ2v) is 5.00. The summed E-state index contributed by atoms with van der Waals surface area (Å²) in [5, 5.41) is 13.4. The highest BCUT2D eigenvalue weighted by Crippen LogP contribution is 2.25. The molecule has 104 valence electrons. The maximum Gasteiger partial charge on any atom is 0.293 e. The molecule has 0 bridgehead atoms. The second-order valence-electron chi connectivity index (χ2n) is 5.00. The van der Waals surface area contributed by atoms with Crippen molar-refractivity contribution in [1.82, 2.24) is 0 Å². The highest BCUT2D eigenvalue weighted by Gasteiger charge is 2.20. The van der Waals surface area contributed by atoms with E-state index < -0.39 is 16.9 Å². The van der Waals surface area contributed by atoms with Crippen molar-refractivity contribution in [3.8, 4) is 0 Å². The summed E-state index contributed by atoms with van der Waals surface area (Å²) in [6, 6.07) is 3.98. The second kappa shape index (κ2) is 6.29. The van der Waals surface area contributed by atoms with Crippen molar-refractivity contribution in [3.05, 3.63) is 33.9 Å². The van der Waals surface area contributed by atoms with Gasteiger partial charge in [0.25, 0.3) is 5.69 Å². The molecule has 0 heterocycles. The molecule has 1 rings (SSSR count). The summed E-state index contributed by atoms with van der Waals surface area (Å²) in [6.45, 7) is 5.67. The van der Waals surface area contributed by atoms with Gasteiger partial charge in [-0.05, 0) is 30.9 Å². The molecule has 0 saturated heterocycles. The molecule has 1 amide bonds. The topological polar surface area (TPSA) is 98.3 Å². The minimum Gasteiger partial charge on any atom is -0.320 e. The number of nitrogens with zero attached hydrogens (tertiary/aromatic N) is 1. The predicted octanol–water partition coefficient (Wildman–Crippen LogP) is 2.22. The molecule has 0 saturated carbocycles. The van der Waals surface area contributed by atoms with E-state index in [-0.39, 0.29) is 17.3 Å². The molecule has 0 fully saturated rings. The molecule has 0 aliphatic rings. The van der Waals surface area contributed by atoms with Crippen LogP contribution in [0.4, 0.5) is 11.4 Å². The fraction of sp³-hybridized carbons (Fsp3) is 0.462. The smallest absolute Gasteiger partial charge is 0.293 e. The Labute approximate surface area is 112 Å². The van der Waals surface area contributed by atoms with E-state index in [9.17, 15) is 14.9 Å². The fourth-order valence-corrected chi connectivity index (χ4v) is 1.74. The molecule has 1 atom stereocenters. The molecule has 6 heteroatoms. The maximum atomic E-state index is 11.8. The minimum atomic E-state index is -0.666. The summed E-state index contributed by atoms with van der Waals surface area (Å²) in [7, 11) is 0. The largest absolute Gasteiger partial charge is 0.320 e. The molecule has 0 radical (unpaired) electrons. The highest BCUT2D eigenvalue weighted by atomic mass is 16.6. The van der Waals surface area contributed by atoms with Crippen LogP contribution in [0, 0.1) is 23.0 Å². The number of nitro benzene ring substituents is 1. The van der Waals surface area contributed by atoms with Crippen LogP contribution in [0.2, 0.25) is 0 Å². The van der Waals surface area contributed by atoms with Crippen molar-refractivity contribution in [2.45, 2.75) is 33.2 Å². The first kappa shape index (κ1) is 15.1. The number of nitrogens with two attached hydrogens (primary N) is 1. The first-order valence-electron chi connectivity index (χ1n) is 6.12. The Morgan fingerprint density at radius 2 is 2.11 bits per heavy atom. The van der Waals surface area contributed by atoms with Gasteiger partial charge in [-0.2, -0.15) is 0 Å². The fourth-order valence-electron chi connectivity index (χ4n) is 1.74. The zero-order valence-corrected chi connectivity index (χ0v) is 11.3. The zero-order chi connectivity index (χ0) is 14.6. The molecule has 1 unspecified atom stereocenters. The Bertz CT molecular complexity index is 486. The van der Waals surface area contributed by atoms with Crippen molar-refractivity contribution >= 4 is 17.3 Å². The Kier molecular flexibility index (Phi) is 5.00. The first-order valence-corrected chi connectivity index (χ1v) is 6.12. The van der Waals surface area contributed by atoms with Gasteiger partial charge in [-0.1, -0.05) is 19.9 Å². The van der Waals surface area contributed by atoms with Crippen LogP contribution in [0.1, 0.15) is 25.8 Å². The molecule has 1 aromatic carbocycles. The number of amides is 1. The molecule has 0 spiro atoms. The van der Waals surface area contributed by atoms with Crippen LogP contribution in [0.5, 0.6) is 0 Å². The molecule has 0 aromatic heterocycles. The number of aryl methyl sites for hydroxylation is 1. The molecule has 6 nitrogen and oxygen atoms in total. The first-order chi connectivity index (χ1) is 8.81. The number of hydrogen-bond donors (Lipinski definition) is 2. The number of rotatable bonds is 5. The van der Waals surface area contributed by atoms with Gasteiger partial charge in [-0.3, -0.25) is 14.9 Å². The van der Waals surface area contributed by atoms with Gasteiger partial charge >= 0.3 is 0 Å². The van der Waals surface area contributed by atoms with Crippen molar-refractivity contribution in [2.24, 2.45) is 11.7 Å². The molecular weight excluding hydrogens is 246 g/mol. The van der Waals surface area contributed by atoms with Crippen LogP contribution in [0.25, 0.3) is 0 Å². The molecule has 1 aromatic rings. The average Bonchev–Trinajstić information content (AvgIpc) is 2.30. The Morgan fingerprint density at radius 3 is 2.63 bits per heavy atom. The van der Waals surface area contributed by atoms with E-state index in [4.69, 9.17) is 5.73 Å². The summed E-state index contributed by atoms with van der Waals surface area (Å²) in [6.07, 6.45) is 0.533. The number of hydrogen-bond acceptors (Lipinski definition) is 4. The van der Waals surface area contributed by atoms with Gasteiger partial charge < -0.3 is 11.1 Å². The van der Waals surface area contributed by atoms with Gasteiger partial charge in [-0.25, -0.2) is 0 Å². The minimum absolute atomic E-state index is 0.120. The van der Waals surface area contributed by atoms with Crippen molar-refractivity contribution in [3.63, 3.8) is 0 Å². The predicted molar refractivity (Wildman–Crippen MR) is 73.9 cm³/mol. The van der Waals surface area contributed by atoms with E-state index in [2.05, 4.69) is 5.32 Å². The van der Waals surface area contributed by atoms with Crippen molar-refractivity contribution in [1.29, 1.82) is 0 Å². The lowest BCUT2D eigenvalue weighted by atomic mass is 10.0. The Morgan fingerprint density at radius 1 is 1.47 bits per heavy atom. The summed E-state index contributed by atoms with van der Waals surface area (Å²) < 4.78 is 0. The maximum absolute atomic E-state index is 11.8. The number of carbonyl (C=O) groups excluding carboxylic acids is 1. The van der Waals surface area contributed by atoms with Gasteiger partial charge in [0, 0.05) is 6.07 Å². The van der Waals surface area contributed by atoms with E-state index >= 15 is 0 Å². The van der Waals surface area contributed by atoms with E-state index in [1.54, 1.807) is 13.0 Å². The lowest BCUT2D eigenvalue weighted by Gasteiger charge is -2.14. The number of benzene rings is 1. The van der Waals surface area contributed by atoms with Gasteiger partial charge in [-0.15, -0.1) is 0 Å². The monoisotopic (exact) mass is 265 g/mol. The van der Waals surface area contributed by atoms with Crippen LogP contribution in [0.15, 0.2) is 18.2 Å². The number of anilines is 1. The van der Waals surface area contributed by atoms with E-state index in [0.717, 1.165) is 5.56 Å². The summed E-state index contributed by atoms with van der Waals surface area (Å²) in [4.78, 5) is 22.3. The van der Waals surface area contributed by atoms with Gasteiger partial charge in [0.1, 0.15) is 5.69 Å².